The van der Waals surface area contributed by atoms with Crippen LogP contribution in [0, 0.1) is 11.8 Å². The molecule has 8 heteroatoms. The highest BCUT2D eigenvalue weighted by molar-refractivity contribution is 6.10. The maximum absolute atomic E-state index is 11.8. The number of carbonyl (C=O) groups excluding carboxylic acids is 1. The average Bonchev–Trinajstić information content (AvgIpc) is 3.52. The summed E-state index contributed by atoms with van der Waals surface area (Å²) in [5.74, 6) is 0.836. The fourth-order valence-corrected chi connectivity index (χ4v) is 3.64. The second-order valence-corrected chi connectivity index (χ2v) is 9.48. The van der Waals surface area contributed by atoms with E-state index in [0.717, 1.165) is 53.9 Å². The number of nitrogens with two attached hydrogens (primary N) is 2. The van der Waals surface area contributed by atoms with Gasteiger partial charge < -0.3 is 26.8 Å². The number of aromatic nitrogens is 1. The van der Waals surface area contributed by atoms with Crippen molar-refractivity contribution in [3.05, 3.63) is 29.2 Å². The smallest absolute Gasteiger partial charge is 0.407 e. The van der Waals surface area contributed by atoms with Gasteiger partial charge in [0, 0.05) is 55.1 Å². The summed E-state index contributed by atoms with van der Waals surface area (Å²) in [5, 5.41) is 6.03. The minimum atomic E-state index is -0.482. The molecule has 3 rings (SSSR count). The van der Waals surface area contributed by atoms with E-state index in [4.69, 9.17) is 21.2 Å². The standard InChI is InChI=1S/C23H36N6O2/c1-23(2,3)31-22(30)29-11-14-7-17(8-14)27-13-18(21(25)15-5-6-15)20-9-19(26-4)16(10-24)12-28-20/h9,12-15,17H,5-8,10-11,24-25H2,1-4H3,(H,26,28)(H,29,30). The molecule has 1 aromatic heterocycles. The Kier molecular flexibility index (Phi) is 7.20. The molecule has 2 aliphatic carbocycles. The zero-order valence-electron chi connectivity index (χ0n) is 19.1. The van der Waals surface area contributed by atoms with Crippen LogP contribution >= 0.6 is 0 Å². The van der Waals surface area contributed by atoms with Crippen molar-refractivity contribution < 1.29 is 9.53 Å². The number of nitrogens with zero attached hydrogens (tertiary/aromatic N) is 2. The van der Waals surface area contributed by atoms with Gasteiger partial charge in [-0.15, -0.1) is 0 Å². The molecule has 2 fully saturated rings. The molecule has 2 saturated carbocycles. The molecule has 8 nitrogen and oxygen atoms in total. The summed E-state index contributed by atoms with van der Waals surface area (Å²) in [5.41, 5.74) is 16.3. The first-order valence-electron chi connectivity index (χ1n) is 11.1. The Labute approximate surface area is 184 Å². The molecule has 1 amide bonds. The number of hydrogen-bond acceptors (Lipinski definition) is 7. The number of amides is 1. The van der Waals surface area contributed by atoms with Crippen LogP contribution in [0.3, 0.4) is 0 Å². The van der Waals surface area contributed by atoms with E-state index in [2.05, 4.69) is 15.6 Å². The van der Waals surface area contributed by atoms with Gasteiger partial charge in [-0.1, -0.05) is 0 Å². The normalized spacial score (nSPS) is 22.0. The van der Waals surface area contributed by atoms with Crippen molar-refractivity contribution in [3.63, 3.8) is 0 Å². The molecule has 1 heterocycles. The van der Waals surface area contributed by atoms with Crippen molar-refractivity contribution in [2.45, 2.75) is 64.6 Å². The molecule has 0 spiro atoms. The number of alkyl carbamates (subject to hydrolysis) is 1. The molecule has 2 aliphatic rings. The maximum atomic E-state index is 11.8. The summed E-state index contributed by atoms with van der Waals surface area (Å²) in [6.07, 6.45) is 7.43. The summed E-state index contributed by atoms with van der Waals surface area (Å²) >= 11 is 0. The number of anilines is 1. The molecule has 6 N–H and O–H groups in total. The monoisotopic (exact) mass is 428 g/mol. The van der Waals surface area contributed by atoms with Gasteiger partial charge in [-0.25, -0.2) is 4.79 Å². The third-order valence-electron chi connectivity index (χ3n) is 5.64. The van der Waals surface area contributed by atoms with Gasteiger partial charge >= 0.3 is 6.09 Å². The highest BCUT2D eigenvalue weighted by Crippen LogP contribution is 2.37. The number of hydrogen-bond donors (Lipinski definition) is 4. The van der Waals surface area contributed by atoms with Crippen LogP contribution in [0.1, 0.15) is 57.7 Å². The number of ether oxygens (including phenoxy) is 1. The Morgan fingerprint density at radius 2 is 2.06 bits per heavy atom. The predicted octanol–water partition coefficient (Wildman–Crippen LogP) is 3.04. The van der Waals surface area contributed by atoms with Crippen LogP contribution in [-0.4, -0.2) is 42.5 Å². The minimum absolute atomic E-state index is 0.236. The van der Waals surface area contributed by atoms with E-state index < -0.39 is 5.60 Å². The first kappa shape index (κ1) is 23.1. The van der Waals surface area contributed by atoms with Crippen molar-refractivity contribution >= 4 is 23.6 Å². The number of pyridine rings is 1. The Hall–Kier alpha value is -2.61. The molecule has 0 aliphatic heterocycles. The Balaban J connectivity index is 1.60. The minimum Gasteiger partial charge on any atom is -0.444 e. The lowest BCUT2D eigenvalue weighted by Crippen LogP contribution is -2.40. The third-order valence-corrected chi connectivity index (χ3v) is 5.64. The van der Waals surface area contributed by atoms with Gasteiger partial charge in [-0.3, -0.25) is 9.98 Å². The first-order chi connectivity index (χ1) is 14.7. The van der Waals surface area contributed by atoms with Crippen molar-refractivity contribution in [2.24, 2.45) is 28.3 Å². The van der Waals surface area contributed by atoms with E-state index in [9.17, 15) is 4.79 Å². The highest BCUT2D eigenvalue weighted by atomic mass is 16.6. The number of nitrogens with one attached hydrogen (secondary N) is 2. The van der Waals surface area contributed by atoms with Crippen LogP contribution in [0.15, 0.2) is 23.0 Å². The van der Waals surface area contributed by atoms with Gasteiger partial charge in [0.15, 0.2) is 0 Å². The SMILES string of the molecule is CNc1cc(C(C=NC2CC(CNC(=O)OC(C)(C)C)C2)=C(N)C2CC2)ncc1CN. The van der Waals surface area contributed by atoms with Crippen LogP contribution in [-0.2, 0) is 11.3 Å². The van der Waals surface area contributed by atoms with E-state index in [1.807, 2.05) is 40.1 Å². The zero-order valence-corrected chi connectivity index (χ0v) is 19.1. The van der Waals surface area contributed by atoms with Crippen LogP contribution in [0.5, 0.6) is 0 Å². The fraction of sp³-hybridized carbons (Fsp3) is 0.609. The Morgan fingerprint density at radius 3 is 2.65 bits per heavy atom. The summed E-state index contributed by atoms with van der Waals surface area (Å²) < 4.78 is 5.28. The highest BCUT2D eigenvalue weighted by Gasteiger charge is 2.30. The predicted molar refractivity (Wildman–Crippen MR) is 125 cm³/mol. The molecule has 0 aromatic carbocycles. The first-order valence-corrected chi connectivity index (χ1v) is 11.1. The molecule has 0 bridgehead atoms. The van der Waals surface area contributed by atoms with Crippen LogP contribution in [0.2, 0.25) is 0 Å². The van der Waals surface area contributed by atoms with Gasteiger partial charge in [-0.05, 0) is 64.4 Å². The number of rotatable bonds is 8. The van der Waals surface area contributed by atoms with Gasteiger partial charge in [0.05, 0.1) is 11.7 Å². The Bertz CT molecular complexity index is 848. The van der Waals surface area contributed by atoms with Crippen molar-refractivity contribution in [2.75, 3.05) is 18.9 Å². The van der Waals surface area contributed by atoms with E-state index in [1.54, 1.807) is 6.20 Å². The van der Waals surface area contributed by atoms with Crippen LogP contribution < -0.4 is 22.1 Å². The summed E-state index contributed by atoms with van der Waals surface area (Å²) in [7, 11) is 1.87. The second-order valence-electron chi connectivity index (χ2n) is 9.48. The molecular formula is C23H36N6O2. The molecule has 0 atom stereocenters. The van der Waals surface area contributed by atoms with Crippen molar-refractivity contribution in [1.29, 1.82) is 0 Å². The quantitative estimate of drug-likeness (QED) is 0.471. The van der Waals surface area contributed by atoms with E-state index in [1.165, 1.54) is 0 Å². The van der Waals surface area contributed by atoms with Gasteiger partial charge in [0.1, 0.15) is 5.60 Å². The number of aliphatic imine (C=N–C) groups is 1. The fourth-order valence-electron chi connectivity index (χ4n) is 3.64. The largest absolute Gasteiger partial charge is 0.444 e. The molecule has 170 valence electrons. The van der Waals surface area contributed by atoms with Crippen molar-refractivity contribution in [3.8, 4) is 0 Å². The average molecular weight is 429 g/mol. The molecule has 0 radical (unpaired) electrons. The molecule has 0 saturated heterocycles. The van der Waals surface area contributed by atoms with Crippen LogP contribution in [0.4, 0.5) is 10.5 Å². The van der Waals surface area contributed by atoms with Gasteiger partial charge in [-0.2, -0.15) is 0 Å². The van der Waals surface area contributed by atoms with Gasteiger partial charge in [0.2, 0.25) is 0 Å². The second kappa shape index (κ2) is 9.68. The summed E-state index contributed by atoms with van der Waals surface area (Å²) in [6, 6.07) is 2.23. The molecule has 0 unspecified atom stereocenters. The number of carbonyl (C=O) groups is 1. The Morgan fingerprint density at radius 1 is 1.35 bits per heavy atom. The summed E-state index contributed by atoms with van der Waals surface area (Å²) in [6.45, 7) is 6.61. The van der Waals surface area contributed by atoms with E-state index in [0.29, 0.717) is 24.9 Å². The van der Waals surface area contributed by atoms with E-state index >= 15 is 0 Å². The lowest BCUT2D eigenvalue weighted by atomic mass is 9.80. The zero-order chi connectivity index (χ0) is 22.6. The van der Waals surface area contributed by atoms with Crippen LogP contribution in [0.25, 0.3) is 5.57 Å². The van der Waals surface area contributed by atoms with Crippen molar-refractivity contribution in [1.82, 2.24) is 10.3 Å². The molecular weight excluding hydrogens is 392 g/mol. The van der Waals surface area contributed by atoms with E-state index in [-0.39, 0.29) is 12.1 Å². The lowest BCUT2D eigenvalue weighted by molar-refractivity contribution is 0.0507. The maximum Gasteiger partial charge on any atom is 0.407 e. The topological polar surface area (TPSA) is 128 Å². The van der Waals surface area contributed by atoms with Gasteiger partial charge in [0.25, 0.3) is 0 Å². The lowest BCUT2D eigenvalue weighted by Gasteiger charge is -2.33. The molecule has 31 heavy (non-hydrogen) atoms. The number of allylic oxidation sites excluding steroid dienone is 2. The molecule has 1 aromatic rings. The third kappa shape index (κ3) is 6.43. The summed E-state index contributed by atoms with van der Waals surface area (Å²) in [4.78, 5) is 21.2.